The fraction of sp³-hybridized carbons (Fsp3) is 0.476. The molecule has 0 spiro atoms. The average Bonchev–Trinajstić information content (AvgIpc) is 3.20. The molecule has 156 valence electrons. The number of carbonyl (C=O) groups excluding carboxylic acids is 1. The van der Waals surface area contributed by atoms with Crippen LogP contribution in [-0.4, -0.2) is 45.7 Å². The summed E-state index contributed by atoms with van der Waals surface area (Å²) in [5.41, 5.74) is 2.48. The molecule has 6 nitrogen and oxygen atoms in total. The number of benzene rings is 1. The van der Waals surface area contributed by atoms with Gasteiger partial charge in [0.25, 0.3) is 0 Å². The monoisotopic (exact) mass is 418 g/mol. The molecule has 3 rings (SSSR count). The zero-order valence-electron chi connectivity index (χ0n) is 16.9. The number of carbonyl (C=O) groups is 1. The number of anilines is 1. The standard InChI is InChI=1S/C21H27FN4O2S/c1-3-25(4-2)12-13-26-18-7-5-6-17(18)20(24-21(26)28)29-14-19(27)23-16-10-8-15(22)9-11-16/h8-11H,3-7,12-14H2,1-2H3,(H,23,27). The molecule has 1 aliphatic carbocycles. The summed E-state index contributed by atoms with van der Waals surface area (Å²) in [5.74, 6) is -0.403. The minimum absolute atomic E-state index is 0.152. The van der Waals surface area contributed by atoms with Crippen LogP contribution in [0.1, 0.15) is 31.5 Å². The van der Waals surface area contributed by atoms with Crippen LogP contribution < -0.4 is 11.0 Å². The Hall–Kier alpha value is -2.19. The van der Waals surface area contributed by atoms with E-state index in [1.165, 1.54) is 36.0 Å². The SMILES string of the molecule is CCN(CC)CCn1c2c(c(SCC(=O)Nc3ccc(F)cc3)nc1=O)CCC2. The van der Waals surface area contributed by atoms with E-state index in [-0.39, 0.29) is 23.2 Å². The van der Waals surface area contributed by atoms with Gasteiger partial charge < -0.3 is 10.2 Å². The lowest BCUT2D eigenvalue weighted by Gasteiger charge is -2.20. The van der Waals surface area contributed by atoms with Gasteiger partial charge in [-0.2, -0.15) is 4.98 Å². The van der Waals surface area contributed by atoms with Crippen molar-refractivity contribution in [3.05, 3.63) is 51.8 Å². The van der Waals surface area contributed by atoms with E-state index in [1.54, 1.807) is 0 Å². The zero-order valence-corrected chi connectivity index (χ0v) is 17.7. The highest BCUT2D eigenvalue weighted by atomic mass is 32.2. The van der Waals surface area contributed by atoms with Gasteiger partial charge in [-0.05, 0) is 56.6 Å². The van der Waals surface area contributed by atoms with Crippen LogP contribution in [0.5, 0.6) is 0 Å². The van der Waals surface area contributed by atoms with Crippen molar-refractivity contribution in [3.63, 3.8) is 0 Å². The summed E-state index contributed by atoms with van der Waals surface area (Å²) >= 11 is 1.29. The van der Waals surface area contributed by atoms with Gasteiger partial charge in [-0.1, -0.05) is 25.6 Å². The van der Waals surface area contributed by atoms with Gasteiger partial charge in [-0.15, -0.1) is 0 Å². The van der Waals surface area contributed by atoms with Crippen LogP contribution >= 0.6 is 11.8 Å². The smallest absolute Gasteiger partial charge is 0.325 e. The van der Waals surface area contributed by atoms with Crippen LogP contribution in [0.25, 0.3) is 0 Å². The van der Waals surface area contributed by atoms with Crippen molar-refractivity contribution in [1.82, 2.24) is 14.5 Å². The summed E-state index contributed by atoms with van der Waals surface area (Å²) in [6, 6.07) is 5.64. The number of aromatic nitrogens is 2. The molecular formula is C21H27FN4O2S. The van der Waals surface area contributed by atoms with Crippen molar-refractivity contribution in [3.8, 4) is 0 Å². The molecule has 0 saturated carbocycles. The van der Waals surface area contributed by atoms with Gasteiger partial charge in [0.1, 0.15) is 10.8 Å². The quantitative estimate of drug-likeness (QED) is 0.501. The molecule has 0 aliphatic heterocycles. The van der Waals surface area contributed by atoms with Gasteiger partial charge in [0, 0.05) is 30.0 Å². The molecule has 1 aliphatic rings. The Bertz CT molecular complexity index is 910. The summed E-state index contributed by atoms with van der Waals surface area (Å²) in [4.78, 5) is 31.4. The molecule has 0 saturated heterocycles. The highest BCUT2D eigenvalue weighted by Crippen LogP contribution is 2.29. The Morgan fingerprint density at radius 2 is 1.97 bits per heavy atom. The molecule has 1 aromatic carbocycles. The predicted molar refractivity (Wildman–Crippen MR) is 114 cm³/mol. The molecule has 1 heterocycles. The molecule has 8 heteroatoms. The normalized spacial score (nSPS) is 13.0. The Balaban J connectivity index is 1.68. The van der Waals surface area contributed by atoms with Crippen LogP contribution in [0.3, 0.4) is 0 Å². The first-order valence-electron chi connectivity index (χ1n) is 10.0. The van der Waals surface area contributed by atoms with Crippen molar-refractivity contribution < 1.29 is 9.18 Å². The number of hydrogen-bond acceptors (Lipinski definition) is 5. The van der Waals surface area contributed by atoms with E-state index in [0.29, 0.717) is 17.3 Å². The molecular weight excluding hydrogens is 391 g/mol. The number of amides is 1. The number of nitrogens with zero attached hydrogens (tertiary/aromatic N) is 3. The van der Waals surface area contributed by atoms with Crippen LogP contribution in [-0.2, 0) is 24.2 Å². The van der Waals surface area contributed by atoms with E-state index in [9.17, 15) is 14.0 Å². The van der Waals surface area contributed by atoms with Crippen LogP contribution in [0, 0.1) is 5.82 Å². The molecule has 0 unspecified atom stereocenters. The van der Waals surface area contributed by atoms with Crippen LogP contribution in [0.4, 0.5) is 10.1 Å². The molecule has 0 bridgehead atoms. The van der Waals surface area contributed by atoms with Crippen molar-refractivity contribution in [1.29, 1.82) is 0 Å². The minimum atomic E-state index is -0.348. The number of thioether (sulfide) groups is 1. The van der Waals surface area contributed by atoms with Gasteiger partial charge in [0.2, 0.25) is 5.91 Å². The molecule has 2 aromatic rings. The highest BCUT2D eigenvalue weighted by molar-refractivity contribution is 8.00. The first kappa shape index (κ1) is 21.5. The third-order valence-electron chi connectivity index (χ3n) is 5.20. The third kappa shape index (κ3) is 5.45. The second-order valence-electron chi connectivity index (χ2n) is 7.00. The fourth-order valence-corrected chi connectivity index (χ4v) is 4.46. The first-order chi connectivity index (χ1) is 14.0. The Morgan fingerprint density at radius 1 is 1.24 bits per heavy atom. The molecule has 0 atom stereocenters. The zero-order chi connectivity index (χ0) is 20.8. The summed E-state index contributed by atoms with van der Waals surface area (Å²) in [5, 5.41) is 3.40. The van der Waals surface area contributed by atoms with E-state index in [4.69, 9.17) is 0 Å². The third-order valence-corrected chi connectivity index (χ3v) is 6.22. The Labute approximate surface area is 174 Å². The van der Waals surface area contributed by atoms with Gasteiger partial charge in [0.05, 0.1) is 5.75 Å². The second-order valence-corrected chi connectivity index (χ2v) is 7.96. The van der Waals surface area contributed by atoms with E-state index in [2.05, 4.69) is 29.0 Å². The maximum Gasteiger partial charge on any atom is 0.348 e. The van der Waals surface area contributed by atoms with E-state index < -0.39 is 0 Å². The fourth-order valence-electron chi connectivity index (χ4n) is 3.58. The number of halogens is 1. The van der Waals surface area contributed by atoms with E-state index >= 15 is 0 Å². The number of nitrogens with one attached hydrogen (secondary N) is 1. The molecule has 0 radical (unpaired) electrons. The molecule has 1 amide bonds. The molecule has 0 fully saturated rings. The Kier molecular flexibility index (Phi) is 7.44. The van der Waals surface area contributed by atoms with Crippen molar-refractivity contribution in [2.75, 3.05) is 30.7 Å². The van der Waals surface area contributed by atoms with Gasteiger partial charge in [-0.25, -0.2) is 9.18 Å². The Morgan fingerprint density at radius 3 is 2.66 bits per heavy atom. The molecule has 1 N–H and O–H groups in total. The van der Waals surface area contributed by atoms with Crippen molar-refractivity contribution >= 4 is 23.4 Å². The van der Waals surface area contributed by atoms with E-state index in [0.717, 1.165) is 50.2 Å². The molecule has 1 aromatic heterocycles. The van der Waals surface area contributed by atoms with Crippen molar-refractivity contribution in [2.24, 2.45) is 0 Å². The summed E-state index contributed by atoms with van der Waals surface area (Å²) in [6.07, 6.45) is 2.76. The topological polar surface area (TPSA) is 67.2 Å². The number of likely N-dealkylation sites (N-methyl/N-ethyl adjacent to an activating group) is 1. The number of hydrogen-bond donors (Lipinski definition) is 1. The molecule has 29 heavy (non-hydrogen) atoms. The summed E-state index contributed by atoms with van der Waals surface area (Å²) < 4.78 is 14.8. The van der Waals surface area contributed by atoms with Crippen molar-refractivity contribution in [2.45, 2.75) is 44.7 Å². The number of fused-ring (bicyclic) bond motifs is 1. The maximum atomic E-state index is 13.0. The summed E-state index contributed by atoms with van der Waals surface area (Å²) in [7, 11) is 0. The lowest BCUT2D eigenvalue weighted by molar-refractivity contribution is -0.113. The van der Waals surface area contributed by atoms with Gasteiger partial charge in [-0.3, -0.25) is 9.36 Å². The maximum absolute atomic E-state index is 13.0. The lowest BCUT2D eigenvalue weighted by Crippen LogP contribution is -2.34. The van der Waals surface area contributed by atoms with E-state index in [1.807, 2.05) is 4.57 Å². The average molecular weight is 419 g/mol. The number of rotatable bonds is 9. The highest BCUT2D eigenvalue weighted by Gasteiger charge is 2.22. The lowest BCUT2D eigenvalue weighted by atomic mass is 10.2. The second kappa shape index (κ2) is 10.0. The summed E-state index contributed by atoms with van der Waals surface area (Å²) in [6.45, 7) is 7.62. The van der Waals surface area contributed by atoms with Gasteiger partial charge in [0.15, 0.2) is 0 Å². The largest absolute Gasteiger partial charge is 0.348 e. The minimum Gasteiger partial charge on any atom is -0.325 e. The first-order valence-corrected chi connectivity index (χ1v) is 11.0. The van der Waals surface area contributed by atoms with Crippen LogP contribution in [0.15, 0.2) is 34.1 Å². The predicted octanol–water partition coefficient (Wildman–Crippen LogP) is 2.94. The van der Waals surface area contributed by atoms with Gasteiger partial charge >= 0.3 is 5.69 Å². The van der Waals surface area contributed by atoms with Crippen LogP contribution in [0.2, 0.25) is 0 Å².